The van der Waals surface area contributed by atoms with Crippen molar-refractivity contribution in [1.29, 1.82) is 0 Å². The van der Waals surface area contributed by atoms with E-state index in [0.29, 0.717) is 11.3 Å². The van der Waals surface area contributed by atoms with Gasteiger partial charge in [-0.05, 0) is 17.4 Å². The molecule has 1 heteroatoms. The predicted molar refractivity (Wildman–Crippen MR) is 192 cm³/mol. The van der Waals surface area contributed by atoms with Gasteiger partial charge in [0.1, 0.15) is 0 Å². The molecule has 0 heterocycles. The Labute approximate surface area is 285 Å². The summed E-state index contributed by atoms with van der Waals surface area (Å²) < 4.78 is 1.33. The average molecular weight is 627 g/mol. The van der Waals surface area contributed by atoms with Gasteiger partial charge in [-0.3, -0.25) is 6.08 Å². The van der Waals surface area contributed by atoms with E-state index in [2.05, 4.69) is 192 Å². The monoisotopic (exact) mass is 626 g/mol. The Bertz CT molecular complexity index is 1560. The van der Waals surface area contributed by atoms with Crippen molar-refractivity contribution in [3.63, 3.8) is 0 Å². The third-order valence-electron chi connectivity index (χ3n) is 8.45. The van der Waals surface area contributed by atoms with Crippen LogP contribution in [0.3, 0.4) is 0 Å². The van der Waals surface area contributed by atoms with E-state index in [-0.39, 0.29) is 10.8 Å². The Kier molecular flexibility index (Phi) is 10.9. The number of rotatable bonds is 2. The summed E-state index contributed by atoms with van der Waals surface area (Å²) in [5.74, 6) is 0.522. The summed E-state index contributed by atoms with van der Waals surface area (Å²) in [6.07, 6.45) is 8.68. The Hall–Kier alpha value is -3.06. The maximum atomic E-state index is 3.53. The molecule has 0 radical (unpaired) electrons. The van der Waals surface area contributed by atoms with Crippen LogP contribution in [0.4, 0.5) is 0 Å². The Morgan fingerprint density at radius 3 is 1.64 bits per heavy atom. The molecule has 0 spiro atoms. The molecule has 0 saturated heterocycles. The fraction of sp³-hybridized carbons (Fsp3) is 0.341. The summed E-state index contributed by atoms with van der Waals surface area (Å²) >= 11 is 2.16. The normalized spacial score (nSPS) is 15.2. The van der Waals surface area contributed by atoms with Crippen molar-refractivity contribution in [3.05, 3.63) is 154 Å². The van der Waals surface area contributed by atoms with Crippen molar-refractivity contribution in [2.24, 2.45) is 11.3 Å². The van der Waals surface area contributed by atoms with Crippen molar-refractivity contribution in [3.8, 4) is 11.1 Å². The SMILES string of the molecule is CC(C)(C)c1c[c-]c2c(c1)-c1cc(C(C)(C)C)ccc1C2.CC1[C-]=CC(C(C)(C)C)=C1.[Ti+2]=[C](c1ccccc1)c1ccccc1. The first-order valence-electron chi connectivity index (χ1n) is 16.2. The van der Waals surface area contributed by atoms with Crippen LogP contribution in [0.5, 0.6) is 0 Å². The molecule has 2 aliphatic rings. The molecule has 0 N–H and O–H groups in total. The van der Waals surface area contributed by atoms with Gasteiger partial charge in [0, 0.05) is 0 Å². The van der Waals surface area contributed by atoms with Crippen LogP contribution in [0.2, 0.25) is 0 Å². The molecule has 0 aromatic heterocycles. The fourth-order valence-electron chi connectivity index (χ4n) is 5.41. The number of allylic oxidation sites excluding steroid dienone is 4. The first kappa shape index (κ1) is 34.8. The van der Waals surface area contributed by atoms with Crippen LogP contribution < -0.4 is 0 Å². The zero-order valence-electron chi connectivity index (χ0n) is 29.1. The molecule has 0 amide bonds. The molecule has 0 saturated carbocycles. The molecule has 2 aliphatic carbocycles. The number of hydrogen-bond acceptors (Lipinski definition) is 0. The average Bonchev–Trinajstić information content (AvgIpc) is 3.60. The molecule has 45 heavy (non-hydrogen) atoms. The second kappa shape index (κ2) is 14.2. The summed E-state index contributed by atoms with van der Waals surface area (Å²) in [5.41, 5.74) is 13.1. The summed E-state index contributed by atoms with van der Waals surface area (Å²) in [7, 11) is 0. The topological polar surface area (TPSA) is 0 Å². The van der Waals surface area contributed by atoms with Crippen LogP contribution in [0.1, 0.15) is 103 Å². The first-order valence-corrected chi connectivity index (χ1v) is 17.0. The van der Waals surface area contributed by atoms with Crippen LogP contribution in [0.25, 0.3) is 11.1 Å². The molecule has 0 aliphatic heterocycles. The molecule has 4 aromatic carbocycles. The molecule has 0 nitrogen and oxygen atoms in total. The van der Waals surface area contributed by atoms with Gasteiger partial charge < -0.3 is 0 Å². The Morgan fingerprint density at radius 1 is 0.667 bits per heavy atom. The van der Waals surface area contributed by atoms with Crippen LogP contribution in [-0.2, 0) is 37.2 Å². The van der Waals surface area contributed by atoms with E-state index < -0.39 is 0 Å². The molecular formula is C44H50Ti. The van der Waals surface area contributed by atoms with Crippen molar-refractivity contribution in [1.82, 2.24) is 0 Å². The van der Waals surface area contributed by atoms with Crippen LogP contribution >= 0.6 is 0 Å². The molecule has 230 valence electrons. The van der Waals surface area contributed by atoms with Gasteiger partial charge in [-0.25, -0.2) is 6.08 Å². The van der Waals surface area contributed by atoms with Gasteiger partial charge in [-0.1, -0.05) is 115 Å². The van der Waals surface area contributed by atoms with Gasteiger partial charge in [0.05, 0.1) is 0 Å². The predicted octanol–water partition coefficient (Wildman–Crippen LogP) is 11.4. The summed E-state index contributed by atoms with van der Waals surface area (Å²) in [6.45, 7) is 22.5. The van der Waals surface area contributed by atoms with Crippen molar-refractivity contribution >= 4 is 3.81 Å². The van der Waals surface area contributed by atoms with E-state index in [1.165, 1.54) is 53.9 Å². The van der Waals surface area contributed by atoms with E-state index in [9.17, 15) is 0 Å². The van der Waals surface area contributed by atoms with Crippen molar-refractivity contribution in [2.45, 2.75) is 86.5 Å². The molecule has 1 atom stereocenters. The molecule has 6 rings (SSSR count). The van der Waals surface area contributed by atoms with Crippen LogP contribution in [-0.4, -0.2) is 3.81 Å². The zero-order valence-corrected chi connectivity index (χ0v) is 30.7. The van der Waals surface area contributed by atoms with E-state index in [0.717, 1.165) is 6.42 Å². The quantitative estimate of drug-likeness (QED) is 0.135. The molecule has 0 fully saturated rings. The van der Waals surface area contributed by atoms with Crippen molar-refractivity contribution < 1.29 is 20.0 Å². The van der Waals surface area contributed by atoms with Gasteiger partial charge in [0.15, 0.2) is 0 Å². The first-order chi connectivity index (χ1) is 21.0. The summed E-state index contributed by atoms with van der Waals surface area (Å²) in [6, 6.07) is 36.0. The second-order valence-corrected chi connectivity index (χ2v) is 16.2. The minimum atomic E-state index is 0.177. The third kappa shape index (κ3) is 9.25. The summed E-state index contributed by atoms with van der Waals surface area (Å²) in [5, 5.41) is 0. The van der Waals surface area contributed by atoms with E-state index >= 15 is 0 Å². The zero-order chi connectivity index (χ0) is 33.0. The second-order valence-electron chi connectivity index (χ2n) is 15.4. The van der Waals surface area contributed by atoms with E-state index in [1.807, 2.05) is 12.1 Å². The molecule has 4 aromatic rings. The maximum absolute atomic E-state index is 3.53. The number of fused-ring (bicyclic) bond motifs is 3. The van der Waals surface area contributed by atoms with Gasteiger partial charge in [0.25, 0.3) is 0 Å². The van der Waals surface area contributed by atoms with Gasteiger partial charge in [-0.15, -0.1) is 5.56 Å². The molecule has 0 bridgehead atoms. The number of benzene rings is 4. The van der Waals surface area contributed by atoms with Crippen molar-refractivity contribution in [2.75, 3.05) is 0 Å². The van der Waals surface area contributed by atoms with Gasteiger partial charge >= 0.3 is 95.6 Å². The fourth-order valence-corrected chi connectivity index (χ4v) is 5.93. The summed E-state index contributed by atoms with van der Waals surface area (Å²) in [4.78, 5) is 0. The molecular weight excluding hydrogens is 576 g/mol. The van der Waals surface area contributed by atoms with Gasteiger partial charge in [-0.2, -0.15) is 41.0 Å². The number of hydrogen-bond donors (Lipinski definition) is 0. The van der Waals surface area contributed by atoms with E-state index in [4.69, 9.17) is 0 Å². The van der Waals surface area contributed by atoms with E-state index in [1.54, 1.807) is 0 Å². The van der Waals surface area contributed by atoms with Crippen LogP contribution in [0.15, 0.2) is 109 Å². The minimum absolute atomic E-state index is 0.177. The Morgan fingerprint density at radius 2 is 1.20 bits per heavy atom. The Balaban J connectivity index is 0.000000166. The van der Waals surface area contributed by atoms with Gasteiger partial charge in [0.2, 0.25) is 0 Å². The molecule has 1 unspecified atom stereocenters. The van der Waals surface area contributed by atoms with Crippen LogP contribution in [0, 0.1) is 23.5 Å². The third-order valence-corrected chi connectivity index (χ3v) is 9.35. The standard InChI is InChI=1S/C21H25.C13H10.C10H15.Ti/c1-20(2,3)16-9-7-14-11-15-8-10-17(21(4,5)6)13-19(15)18(14)12-16;1-3-7-12(8-4-1)11-13-9-5-2-6-10-13;1-8-5-6-9(7-8)10(2,3)4;/h7,9-10,12-13H,11H2,1-6H3;1-10H;6-8H,1-4H3;/q-1;;-1;+2.